The van der Waals surface area contributed by atoms with Crippen LogP contribution in [-0.4, -0.2) is 73.9 Å². The molecule has 0 aromatic heterocycles. The van der Waals surface area contributed by atoms with E-state index >= 15 is 0 Å². The molecule has 0 fully saturated rings. The zero-order valence-corrected chi connectivity index (χ0v) is 30.1. The van der Waals surface area contributed by atoms with E-state index in [9.17, 15) is 0 Å². The second-order valence-electron chi connectivity index (χ2n) is 14.5. The second-order valence-corrected chi connectivity index (χ2v) is 50.1. The second kappa shape index (κ2) is 8.92. The maximum atomic E-state index is 3.28. The summed E-state index contributed by atoms with van der Waals surface area (Å²) in [6.07, 6.45) is 0. The van der Waals surface area contributed by atoms with E-state index in [1.54, 1.807) is 0 Å². The molecule has 0 aliphatic rings. The molecule has 0 aromatic carbocycles. The topological polar surface area (TPSA) is 9.72 Å². The Labute approximate surface area is 190 Å². The van der Waals surface area contributed by atoms with E-state index in [1.807, 2.05) is 0 Å². The van der Waals surface area contributed by atoms with Crippen LogP contribution in [0.15, 0.2) is 0 Å². The Hall–Kier alpha value is 1.71. The van der Waals surface area contributed by atoms with E-state index in [0.717, 1.165) is 0 Å². The normalized spacial score (nSPS) is 15.8. The molecule has 0 radical (unpaired) electrons. The third-order valence-corrected chi connectivity index (χ3v) is 45.3. The van der Waals surface area contributed by atoms with Gasteiger partial charge in [-0.05, 0) is 0 Å². The lowest BCUT2D eigenvalue weighted by atomic mass is 11.8. The summed E-state index contributed by atoms with van der Waals surface area (Å²) in [4.78, 5) is 0. The molecule has 168 valence electrons. The maximum absolute atomic E-state index is 3.28. The van der Waals surface area contributed by atoms with Crippen LogP contribution in [0.5, 0.6) is 0 Å². The molecule has 0 aliphatic heterocycles. The largest absolute Gasteiger partial charge is 0.565 e. The van der Waals surface area contributed by atoms with Crippen molar-refractivity contribution in [2.24, 2.45) is 0 Å². The van der Waals surface area contributed by atoms with Crippen LogP contribution in [0.25, 0.3) is 0 Å². The Morgan fingerprint density at radius 2 is 0.393 bits per heavy atom. The van der Waals surface area contributed by atoms with Crippen molar-refractivity contribution >= 4 is 64.2 Å². The summed E-state index contributed by atoms with van der Waals surface area (Å²) in [7, 11) is -8.78. The van der Waals surface area contributed by atoms with Gasteiger partial charge in [0.25, 0.3) is 0 Å². The molecule has 0 amide bonds. The van der Waals surface area contributed by atoms with E-state index in [-0.39, 0.29) is 0 Å². The lowest BCUT2D eigenvalue weighted by Crippen LogP contribution is -2.86. The summed E-state index contributed by atoms with van der Waals surface area (Å²) < 4.78 is 9.85. The smallest absolute Gasteiger partial charge is 0.405 e. The van der Waals surface area contributed by atoms with Gasteiger partial charge in [0.2, 0.25) is 0 Å². The van der Waals surface area contributed by atoms with Crippen molar-refractivity contribution in [2.45, 2.75) is 118 Å². The van der Waals surface area contributed by atoms with Crippen molar-refractivity contribution in [2.75, 3.05) is 0 Å². The summed E-state index contributed by atoms with van der Waals surface area (Å²) in [6, 6.07) is 0. The van der Waals surface area contributed by atoms with E-state index in [2.05, 4.69) is 127 Å². The summed E-state index contributed by atoms with van der Waals surface area (Å²) in [5.41, 5.74) is 0. The minimum atomic E-state index is -1.46. The monoisotopic (exact) mass is 507 g/mol. The van der Waals surface area contributed by atoms with Gasteiger partial charge < -0.3 is 9.64 Å². The lowest BCUT2D eigenvalue weighted by molar-refractivity contribution is 0.690. The van der Waals surface area contributed by atoms with Crippen LogP contribution < -0.4 is 0 Å². The molecule has 0 saturated heterocycles. The summed E-state index contributed by atoms with van der Waals surface area (Å²) in [6.45, 7) is 47.3. The molecular weight excluding hydrogens is 454 g/mol. The standard InChI is InChI=1S/3C6H18NSi2.Al/c3*1-8(2,3)7-9(4,5)6;/h3*1-6H3;/q3*-1;+3. The van der Waals surface area contributed by atoms with Crippen molar-refractivity contribution in [3.8, 4) is 0 Å². The average molecular weight is 508 g/mol. The number of hydrogen-bond acceptors (Lipinski definition) is 3. The minimum Gasteiger partial charge on any atom is -0.405 e. The van der Waals surface area contributed by atoms with Crippen LogP contribution in [0.1, 0.15) is 0 Å². The molecule has 0 unspecified atom stereocenters. The quantitative estimate of drug-likeness (QED) is 0.315. The van der Waals surface area contributed by atoms with E-state index in [1.165, 1.54) is 0 Å². The Morgan fingerprint density at radius 1 is 0.286 bits per heavy atom. The Morgan fingerprint density at radius 3 is 0.464 bits per heavy atom. The molecule has 3 nitrogen and oxygen atoms in total. The van der Waals surface area contributed by atoms with Gasteiger partial charge in [0.1, 0.15) is 0 Å². The molecule has 0 aromatic rings. The summed E-state index contributed by atoms with van der Waals surface area (Å²) >= 11 is -1.46. The molecule has 0 spiro atoms. The number of hydrogen-bond donors (Lipinski definition) is 0. The predicted molar refractivity (Wildman–Crippen MR) is 151 cm³/mol. The van der Waals surface area contributed by atoms with Crippen molar-refractivity contribution in [1.82, 2.24) is 9.64 Å². The van der Waals surface area contributed by atoms with Gasteiger partial charge in [-0.3, -0.25) is 0 Å². The van der Waals surface area contributed by atoms with Crippen molar-refractivity contribution in [3.05, 3.63) is 0 Å². The van der Waals surface area contributed by atoms with Crippen LogP contribution in [0.4, 0.5) is 0 Å². The van der Waals surface area contributed by atoms with Gasteiger partial charge in [0.15, 0.2) is 0 Å². The van der Waals surface area contributed by atoms with Gasteiger partial charge in [-0.15, -0.1) is 0 Å². The van der Waals surface area contributed by atoms with Crippen LogP contribution in [0.3, 0.4) is 0 Å². The highest BCUT2D eigenvalue weighted by Gasteiger charge is 2.59. The third kappa shape index (κ3) is 8.00. The fourth-order valence-electron chi connectivity index (χ4n) is 5.44. The molecule has 0 heterocycles. The van der Waals surface area contributed by atoms with Gasteiger partial charge in [-0.1, -0.05) is 118 Å². The van der Waals surface area contributed by atoms with E-state index < -0.39 is 64.2 Å². The van der Waals surface area contributed by atoms with Gasteiger partial charge in [-0.2, -0.15) is 0 Å². The highest BCUT2D eigenvalue weighted by molar-refractivity contribution is 7.11. The van der Waals surface area contributed by atoms with Gasteiger partial charge in [-0.25, -0.2) is 0 Å². The first-order valence-electron chi connectivity index (χ1n) is 11.1. The number of rotatable bonds is 9. The fraction of sp³-hybridized carbons (Fsp3) is 1.00. The molecule has 10 heteroatoms. The van der Waals surface area contributed by atoms with Crippen LogP contribution >= 0.6 is 0 Å². The van der Waals surface area contributed by atoms with Crippen molar-refractivity contribution in [1.29, 1.82) is 0 Å². The Balaban J connectivity index is 7.30. The number of nitrogens with zero attached hydrogens (tertiary/aromatic N) is 3. The fourth-order valence-corrected chi connectivity index (χ4v) is 55.2. The first-order valence-corrected chi connectivity index (χ1v) is 33.3. The molecule has 0 aliphatic carbocycles. The molecule has 0 bridgehead atoms. The van der Waals surface area contributed by atoms with Crippen LogP contribution in [-0.2, 0) is 0 Å². The lowest BCUT2D eigenvalue weighted by Gasteiger charge is -2.63. The molecule has 28 heavy (non-hydrogen) atoms. The summed E-state index contributed by atoms with van der Waals surface area (Å²) in [5, 5.41) is 0. The van der Waals surface area contributed by atoms with E-state index in [4.69, 9.17) is 0 Å². The van der Waals surface area contributed by atoms with Gasteiger partial charge in [0.05, 0.1) is 49.4 Å². The van der Waals surface area contributed by atoms with Crippen LogP contribution in [0, 0.1) is 0 Å². The van der Waals surface area contributed by atoms with E-state index in [0.29, 0.717) is 0 Å². The van der Waals surface area contributed by atoms with Crippen molar-refractivity contribution in [3.63, 3.8) is 0 Å². The summed E-state index contributed by atoms with van der Waals surface area (Å²) in [5.74, 6) is 0. The Bertz CT molecular complexity index is 400. The molecular formula is C18H54AlN3Si6. The first kappa shape index (κ1) is 29.7. The Kier molecular flexibility index (Phi) is 9.47. The average Bonchev–Trinajstić information content (AvgIpc) is 2.13. The van der Waals surface area contributed by atoms with Crippen LogP contribution in [0.2, 0.25) is 118 Å². The first-order chi connectivity index (χ1) is 11.7. The highest BCUT2D eigenvalue weighted by atomic mass is 28.4. The van der Waals surface area contributed by atoms with Gasteiger partial charge in [0, 0.05) is 0 Å². The van der Waals surface area contributed by atoms with Gasteiger partial charge >= 0.3 is 14.8 Å². The maximum Gasteiger partial charge on any atom is 0.565 e. The molecule has 0 saturated carbocycles. The highest BCUT2D eigenvalue weighted by Crippen LogP contribution is 2.35. The zero-order chi connectivity index (χ0) is 23.3. The van der Waals surface area contributed by atoms with Crippen molar-refractivity contribution < 1.29 is 0 Å². The molecule has 0 atom stereocenters. The third-order valence-electron chi connectivity index (χ3n) is 5.03. The zero-order valence-electron chi connectivity index (χ0n) is 22.9. The SMILES string of the molecule is C[Si](C)(C)[N]([Al]([N]([Si](C)(C)C)[Si](C)(C)C)[N]([Si](C)(C)C)[Si](C)(C)C)[Si](C)(C)C. The minimum absolute atomic E-state index is 1.46. The predicted octanol–water partition coefficient (Wildman–Crippen LogP) is 6.89. The molecule has 0 N–H and O–H groups in total. The molecule has 0 rings (SSSR count).